The molecule has 0 bridgehead atoms. The minimum absolute atomic E-state index is 0.158. The molecule has 0 aliphatic heterocycles. The van der Waals surface area contributed by atoms with Crippen LogP contribution in [-0.4, -0.2) is 17.9 Å². The van der Waals surface area contributed by atoms with E-state index in [0.717, 1.165) is 6.42 Å². The largest absolute Gasteiger partial charge is 0.396 e. The molecule has 1 aliphatic carbocycles. The van der Waals surface area contributed by atoms with Gasteiger partial charge in [0.2, 0.25) is 0 Å². The van der Waals surface area contributed by atoms with Gasteiger partial charge in [0.05, 0.1) is 0 Å². The molecule has 3 unspecified atom stereocenters. The molecule has 9 heavy (non-hydrogen) atoms. The van der Waals surface area contributed by atoms with Gasteiger partial charge in [0.15, 0.2) is 0 Å². The van der Waals surface area contributed by atoms with Gasteiger partial charge in [-0.25, -0.2) is 4.39 Å². The van der Waals surface area contributed by atoms with E-state index in [9.17, 15) is 4.39 Å². The summed E-state index contributed by atoms with van der Waals surface area (Å²) in [6.07, 6.45) is 0.761. The van der Waals surface area contributed by atoms with E-state index in [1.54, 1.807) is 0 Å². The van der Waals surface area contributed by atoms with Crippen LogP contribution < -0.4 is 0 Å². The summed E-state index contributed by atoms with van der Waals surface area (Å²) in [5.41, 5.74) is 0. The smallest absolute Gasteiger partial charge is 0.103 e. The van der Waals surface area contributed by atoms with E-state index in [4.69, 9.17) is 5.11 Å². The molecule has 0 saturated heterocycles. The molecule has 3 atom stereocenters. The van der Waals surface area contributed by atoms with E-state index < -0.39 is 6.17 Å². The lowest BCUT2D eigenvalue weighted by atomic mass is 10.1. The average Bonchev–Trinajstić information content (AvgIpc) is 2.13. The van der Waals surface area contributed by atoms with Crippen molar-refractivity contribution in [2.45, 2.75) is 25.9 Å². The molecule has 0 radical (unpaired) electrons. The van der Waals surface area contributed by atoms with Gasteiger partial charge in [0.25, 0.3) is 0 Å². The van der Waals surface area contributed by atoms with E-state index in [-0.39, 0.29) is 18.4 Å². The molecule has 1 aliphatic rings. The molecule has 0 aromatic carbocycles. The number of hydrogen-bond donors (Lipinski definition) is 1. The SMILES string of the molecule is CC1CC(CO)CC1F. The third-order valence-corrected chi connectivity index (χ3v) is 2.14. The van der Waals surface area contributed by atoms with Crippen LogP contribution in [0.15, 0.2) is 0 Å². The van der Waals surface area contributed by atoms with E-state index in [1.807, 2.05) is 6.92 Å². The second-order valence-corrected chi connectivity index (χ2v) is 3.01. The Kier molecular flexibility index (Phi) is 2.06. The number of rotatable bonds is 1. The van der Waals surface area contributed by atoms with Gasteiger partial charge in [0.1, 0.15) is 6.17 Å². The van der Waals surface area contributed by atoms with Crippen LogP contribution in [0.2, 0.25) is 0 Å². The highest BCUT2D eigenvalue weighted by Gasteiger charge is 2.30. The normalized spacial score (nSPS) is 43.7. The molecule has 1 nitrogen and oxygen atoms in total. The van der Waals surface area contributed by atoms with Crippen LogP contribution in [0.1, 0.15) is 19.8 Å². The monoisotopic (exact) mass is 132 g/mol. The van der Waals surface area contributed by atoms with Crippen molar-refractivity contribution >= 4 is 0 Å². The predicted molar refractivity (Wildman–Crippen MR) is 33.9 cm³/mol. The highest BCUT2D eigenvalue weighted by Crippen LogP contribution is 2.32. The first-order valence-electron chi connectivity index (χ1n) is 3.49. The molecule has 1 saturated carbocycles. The van der Waals surface area contributed by atoms with Gasteiger partial charge < -0.3 is 5.11 Å². The fraction of sp³-hybridized carbons (Fsp3) is 1.00. The van der Waals surface area contributed by atoms with Gasteiger partial charge in [-0.3, -0.25) is 0 Å². The molecule has 1 rings (SSSR count). The summed E-state index contributed by atoms with van der Waals surface area (Å²) in [6.45, 7) is 2.06. The Balaban J connectivity index is 2.35. The minimum Gasteiger partial charge on any atom is -0.396 e. The first-order valence-corrected chi connectivity index (χ1v) is 3.49. The quantitative estimate of drug-likeness (QED) is 0.571. The van der Waals surface area contributed by atoms with E-state index in [2.05, 4.69) is 0 Å². The maximum absolute atomic E-state index is 12.6. The van der Waals surface area contributed by atoms with Gasteiger partial charge in [-0.1, -0.05) is 6.92 Å². The molecule has 54 valence electrons. The highest BCUT2D eigenvalue weighted by molar-refractivity contribution is 4.79. The Morgan fingerprint density at radius 1 is 1.56 bits per heavy atom. The second-order valence-electron chi connectivity index (χ2n) is 3.01. The number of hydrogen-bond acceptors (Lipinski definition) is 1. The Hall–Kier alpha value is -0.110. The van der Waals surface area contributed by atoms with E-state index in [0.29, 0.717) is 6.42 Å². The third kappa shape index (κ3) is 1.42. The molecule has 1 N–H and O–H groups in total. The number of aliphatic hydroxyl groups is 1. The molecule has 2 heteroatoms. The summed E-state index contributed by atoms with van der Waals surface area (Å²) >= 11 is 0. The molecule has 0 heterocycles. The van der Waals surface area contributed by atoms with Crippen LogP contribution in [0.5, 0.6) is 0 Å². The van der Waals surface area contributed by atoms with Crippen molar-refractivity contribution in [2.24, 2.45) is 11.8 Å². The first kappa shape index (κ1) is 7.00. The lowest BCUT2D eigenvalue weighted by Crippen LogP contribution is -2.01. The van der Waals surface area contributed by atoms with Crippen molar-refractivity contribution in [3.63, 3.8) is 0 Å². The van der Waals surface area contributed by atoms with Crippen molar-refractivity contribution in [3.05, 3.63) is 0 Å². The molecule has 0 aromatic heterocycles. The summed E-state index contributed by atoms with van der Waals surface area (Å²) in [5.74, 6) is 0.400. The van der Waals surface area contributed by atoms with Crippen molar-refractivity contribution in [1.29, 1.82) is 0 Å². The maximum Gasteiger partial charge on any atom is 0.103 e. The Labute approximate surface area is 54.9 Å². The summed E-state index contributed by atoms with van der Waals surface area (Å²) < 4.78 is 12.6. The number of alkyl halides is 1. The summed E-state index contributed by atoms with van der Waals surface area (Å²) in [4.78, 5) is 0. The first-order chi connectivity index (χ1) is 4.24. The average molecular weight is 132 g/mol. The molecule has 0 amide bonds. The van der Waals surface area contributed by atoms with Crippen LogP contribution in [0.4, 0.5) is 4.39 Å². The zero-order valence-corrected chi connectivity index (χ0v) is 5.68. The van der Waals surface area contributed by atoms with Gasteiger partial charge in [0, 0.05) is 6.61 Å². The minimum atomic E-state index is -0.665. The van der Waals surface area contributed by atoms with Crippen LogP contribution in [-0.2, 0) is 0 Å². The Morgan fingerprint density at radius 2 is 2.22 bits per heavy atom. The van der Waals surface area contributed by atoms with Crippen molar-refractivity contribution in [1.82, 2.24) is 0 Å². The Morgan fingerprint density at radius 3 is 2.44 bits per heavy atom. The van der Waals surface area contributed by atoms with Crippen molar-refractivity contribution in [2.75, 3.05) is 6.61 Å². The topological polar surface area (TPSA) is 20.2 Å². The van der Waals surface area contributed by atoms with Crippen LogP contribution in [0, 0.1) is 11.8 Å². The van der Waals surface area contributed by atoms with Crippen molar-refractivity contribution < 1.29 is 9.50 Å². The number of aliphatic hydroxyl groups excluding tert-OH is 1. The standard InChI is InChI=1S/C7H13FO/c1-5-2-6(4-9)3-7(5)8/h5-7,9H,2-4H2,1H3. The fourth-order valence-electron chi connectivity index (χ4n) is 1.47. The molecular weight excluding hydrogens is 119 g/mol. The van der Waals surface area contributed by atoms with Gasteiger partial charge in [-0.2, -0.15) is 0 Å². The summed E-state index contributed by atoms with van der Waals surface area (Å²) in [6, 6.07) is 0. The number of halogens is 1. The predicted octanol–water partition coefficient (Wildman–Crippen LogP) is 1.36. The summed E-state index contributed by atoms with van der Waals surface area (Å²) in [5, 5.41) is 8.63. The molecule has 1 fully saturated rings. The van der Waals surface area contributed by atoms with E-state index >= 15 is 0 Å². The fourth-order valence-corrected chi connectivity index (χ4v) is 1.47. The third-order valence-electron chi connectivity index (χ3n) is 2.14. The van der Waals surface area contributed by atoms with Gasteiger partial charge >= 0.3 is 0 Å². The second kappa shape index (κ2) is 2.65. The van der Waals surface area contributed by atoms with Crippen LogP contribution in [0.25, 0.3) is 0 Å². The Bertz CT molecular complexity index is 84.9. The van der Waals surface area contributed by atoms with Crippen molar-refractivity contribution in [3.8, 4) is 0 Å². The highest BCUT2D eigenvalue weighted by atomic mass is 19.1. The summed E-state index contributed by atoms with van der Waals surface area (Å²) in [7, 11) is 0. The maximum atomic E-state index is 12.6. The molecule has 0 aromatic rings. The van der Waals surface area contributed by atoms with Gasteiger partial charge in [-0.15, -0.1) is 0 Å². The zero-order valence-electron chi connectivity index (χ0n) is 5.68. The van der Waals surface area contributed by atoms with Crippen LogP contribution in [0.3, 0.4) is 0 Å². The lowest BCUT2D eigenvalue weighted by Gasteiger charge is -2.01. The van der Waals surface area contributed by atoms with Gasteiger partial charge in [-0.05, 0) is 24.7 Å². The molecular formula is C7H13FO. The lowest BCUT2D eigenvalue weighted by molar-refractivity contribution is 0.219. The molecule has 0 spiro atoms. The van der Waals surface area contributed by atoms with E-state index in [1.165, 1.54) is 0 Å². The van der Waals surface area contributed by atoms with Crippen LogP contribution >= 0.6 is 0 Å². The zero-order chi connectivity index (χ0) is 6.85.